The van der Waals surface area contributed by atoms with Crippen LogP contribution in [0.1, 0.15) is 22.4 Å². The molecule has 0 radical (unpaired) electrons. The molecule has 10 heteroatoms. The zero-order valence-corrected chi connectivity index (χ0v) is 20.0. The maximum absolute atomic E-state index is 12.7. The van der Waals surface area contributed by atoms with Gasteiger partial charge in [-0.3, -0.25) is 4.79 Å². The Bertz CT molecular complexity index is 1280. The fourth-order valence-corrected chi connectivity index (χ4v) is 4.91. The first-order valence-electron chi connectivity index (χ1n) is 10.2. The van der Waals surface area contributed by atoms with E-state index in [0.29, 0.717) is 21.5 Å². The molecule has 0 aliphatic heterocycles. The van der Waals surface area contributed by atoms with E-state index >= 15 is 0 Å². The fourth-order valence-electron chi connectivity index (χ4n) is 3.19. The third kappa shape index (κ3) is 5.01. The van der Waals surface area contributed by atoms with Crippen LogP contribution in [-0.4, -0.2) is 39.0 Å². The van der Waals surface area contributed by atoms with Gasteiger partial charge in [-0.05, 0) is 31.5 Å². The van der Waals surface area contributed by atoms with Gasteiger partial charge in [0.15, 0.2) is 11.0 Å². The predicted octanol–water partition coefficient (Wildman–Crippen LogP) is 5.02. The molecule has 0 bridgehead atoms. The Morgan fingerprint density at radius 2 is 2.00 bits per heavy atom. The average Bonchev–Trinajstić information content (AvgIpc) is 3.52. The molecule has 0 spiro atoms. The highest BCUT2D eigenvalue weighted by atomic mass is 32.2. The molecule has 170 valence electrons. The number of furan rings is 1. The molecular formula is C23H22N4O4S2. The largest absolute Gasteiger partial charge is 0.469 e. The van der Waals surface area contributed by atoms with Gasteiger partial charge in [-0.15, -0.1) is 21.5 Å². The van der Waals surface area contributed by atoms with Crippen LogP contribution in [-0.2, 0) is 16.6 Å². The van der Waals surface area contributed by atoms with Crippen molar-refractivity contribution in [1.29, 1.82) is 0 Å². The number of nitrogens with one attached hydrogen (secondary N) is 1. The Morgan fingerprint density at radius 3 is 2.70 bits per heavy atom. The van der Waals surface area contributed by atoms with Gasteiger partial charge in [-0.2, -0.15) is 0 Å². The molecule has 1 aromatic carbocycles. The maximum atomic E-state index is 12.7. The molecule has 8 nitrogen and oxygen atoms in total. The van der Waals surface area contributed by atoms with Gasteiger partial charge < -0.3 is 19.0 Å². The summed E-state index contributed by atoms with van der Waals surface area (Å²) in [5.74, 6) is 0.805. The second kappa shape index (κ2) is 10.1. The third-order valence-corrected chi connectivity index (χ3v) is 6.98. The molecular weight excluding hydrogens is 460 g/mol. The van der Waals surface area contributed by atoms with Crippen molar-refractivity contribution in [3.8, 4) is 21.8 Å². The van der Waals surface area contributed by atoms with E-state index in [2.05, 4.69) is 15.5 Å². The molecule has 0 saturated heterocycles. The number of ether oxygens (including phenoxy) is 1. The van der Waals surface area contributed by atoms with Crippen molar-refractivity contribution >= 4 is 40.7 Å². The number of thioether (sulfide) groups is 1. The molecule has 0 fully saturated rings. The number of hydrogen-bond donors (Lipinski definition) is 1. The van der Waals surface area contributed by atoms with Crippen molar-refractivity contribution in [3.05, 3.63) is 59.4 Å². The van der Waals surface area contributed by atoms with E-state index in [9.17, 15) is 9.59 Å². The molecule has 0 aliphatic carbocycles. The van der Waals surface area contributed by atoms with Crippen LogP contribution in [0.3, 0.4) is 0 Å². The second-order valence-corrected chi connectivity index (χ2v) is 9.03. The van der Waals surface area contributed by atoms with Crippen molar-refractivity contribution in [2.75, 3.05) is 17.7 Å². The Balaban J connectivity index is 1.48. The van der Waals surface area contributed by atoms with Gasteiger partial charge >= 0.3 is 5.97 Å². The highest BCUT2D eigenvalue weighted by molar-refractivity contribution is 7.99. The molecule has 0 saturated carbocycles. The minimum absolute atomic E-state index is 0.106. The number of benzene rings is 1. The molecule has 0 unspecified atom stereocenters. The SMILES string of the molecule is CCOC(=O)c1sc(-c2ccccc2)cc1NC(=O)CSc1nnc(-c2ccoc2C)n1C. The molecule has 1 amide bonds. The molecule has 1 N–H and O–H groups in total. The maximum Gasteiger partial charge on any atom is 0.350 e. The highest BCUT2D eigenvalue weighted by Crippen LogP contribution is 2.35. The average molecular weight is 483 g/mol. The van der Waals surface area contributed by atoms with E-state index in [4.69, 9.17) is 9.15 Å². The van der Waals surface area contributed by atoms with Gasteiger partial charge in [0.1, 0.15) is 10.6 Å². The standard InChI is InChI=1S/C23H22N4O4S2/c1-4-30-22(29)20-17(12-18(33-20)15-8-6-5-7-9-15)24-19(28)13-32-23-26-25-21(27(23)3)16-10-11-31-14(16)2/h5-12H,4,13H2,1-3H3,(H,24,28). The summed E-state index contributed by atoms with van der Waals surface area (Å²) in [7, 11) is 1.84. The van der Waals surface area contributed by atoms with Crippen LogP contribution >= 0.6 is 23.1 Å². The summed E-state index contributed by atoms with van der Waals surface area (Å²) in [5, 5.41) is 11.9. The van der Waals surface area contributed by atoms with E-state index in [1.165, 1.54) is 23.1 Å². The van der Waals surface area contributed by atoms with Crippen molar-refractivity contribution in [3.63, 3.8) is 0 Å². The van der Waals surface area contributed by atoms with Crippen molar-refractivity contribution < 1.29 is 18.7 Å². The number of amides is 1. The van der Waals surface area contributed by atoms with E-state index < -0.39 is 5.97 Å². The number of hydrogen-bond acceptors (Lipinski definition) is 8. The van der Waals surface area contributed by atoms with Gasteiger partial charge in [0.05, 0.1) is 29.9 Å². The lowest BCUT2D eigenvalue weighted by Crippen LogP contribution is -2.16. The summed E-state index contributed by atoms with van der Waals surface area (Å²) in [6, 6.07) is 13.3. The molecule has 0 aliphatic rings. The summed E-state index contributed by atoms with van der Waals surface area (Å²) < 4.78 is 12.3. The third-order valence-electron chi connectivity index (χ3n) is 4.79. The van der Waals surface area contributed by atoms with Gasteiger partial charge in [0, 0.05) is 11.9 Å². The van der Waals surface area contributed by atoms with Gasteiger partial charge in [0.2, 0.25) is 5.91 Å². The van der Waals surface area contributed by atoms with Crippen LogP contribution in [0.25, 0.3) is 21.8 Å². The summed E-state index contributed by atoms with van der Waals surface area (Å²) in [6.07, 6.45) is 1.60. The number of esters is 1. The zero-order chi connectivity index (χ0) is 23.4. The van der Waals surface area contributed by atoms with Crippen molar-refractivity contribution in [2.45, 2.75) is 19.0 Å². The van der Waals surface area contributed by atoms with Crippen molar-refractivity contribution in [2.24, 2.45) is 7.05 Å². The van der Waals surface area contributed by atoms with Crippen LogP contribution in [0.15, 0.2) is 58.3 Å². The van der Waals surface area contributed by atoms with Gasteiger partial charge in [-0.1, -0.05) is 42.1 Å². The van der Waals surface area contributed by atoms with Gasteiger partial charge in [-0.25, -0.2) is 4.79 Å². The second-order valence-electron chi connectivity index (χ2n) is 7.03. The van der Waals surface area contributed by atoms with Crippen LogP contribution in [0, 0.1) is 6.92 Å². The molecule has 4 aromatic rings. The Labute approximate surface area is 199 Å². The van der Waals surface area contributed by atoms with E-state index in [-0.39, 0.29) is 18.3 Å². The predicted molar refractivity (Wildman–Crippen MR) is 129 cm³/mol. The first kappa shape index (κ1) is 22.8. The first-order chi connectivity index (χ1) is 16.0. The summed E-state index contributed by atoms with van der Waals surface area (Å²) in [6.45, 7) is 3.86. The Morgan fingerprint density at radius 1 is 1.21 bits per heavy atom. The lowest BCUT2D eigenvalue weighted by atomic mass is 10.2. The monoisotopic (exact) mass is 482 g/mol. The molecule has 3 heterocycles. The number of thiophene rings is 1. The number of nitrogens with zero attached hydrogens (tertiary/aromatic N) is 3. The summed E-state index contributed by atoms with van der Waals surface area (Å²) >= 11 is 2.55. The van der Waals surface area contributed by atoms with Gasteiger partial charge in [0.25, 0.3) is 0 Å². The minimum Gasteiger partial charge on any atom is -0.469 e. The van der Waals surface area contributed by atoms with E-state index in [1.807, 2.05) is 54.9 Å². The summed E-state index contributed by atoms with van der Waals surface area (Å²) in [5.41, 5.74) is 2.26. The molecule has 3 aromatic heterocycles. The van der Waals surface area contributed by atoms with E-state index in [1.54, 1.807) is 19.3 Å². The van der Waals surface area contributed by atoms with Crippen LogP contribution < -0.4 is 5.32 Å². The minimum atomic E-state index is -0.457. The molecule has 4 rings (SSSR count). The molecule has 0 atom stereocenters. The normalized spacial score (nSPS) is 10.9. The Hall–Kier alpha value is -3.37. The van der Waals surface area contributed by atoms with Crippen LogP contribution in [0.4, 0.5) is 5.69 Å². The van der Waals surface area contributed by atoms with E-state index in [0.717, 1.165) is 21.8 Å². The van der Waals surface area contributed by atoms with Crippen molar-refractivity contribution in [1.82, 2.24) is 14.8 Å². The number of aryl methyl sites for hydroxylation is 1. The fraction of sp³-hybridized carbons (Fsp3) is 0.217. The van der Waals surface area contributed by atoms with Crippen LogP contribution in [0.2, 0.25) is 0 Å². The number of anilines is 1. The smallest absolute Gasteiger partial charge is 0.350 e. The molecule has 33 heavy (non-hydrogen) atoms. The number of carbonyl (C=O) groups is 2. The Kier molecular flexibility index (Phi) is 6.95. The number of aromatic nitrogens is 3. The van der Waals surface area contributed by atoms with Crippen LogP contribution in [0.5, 0.6) is 0 Å². The lowest BCUT2D eigenvalue weighted by Gasteiger charge is -2.06. The topological polar surface area (TPSA) is 99.2 Å². The lowest BCUT2D eigenvalue weighted by molar-refractivity contribution is -0.113. The highest BCUT2D eigenvalue weighted by Gasteiger charge is 2.21. The number of rotatable bonds is 8. The number of carbonyl (C=O) groups excluding carboxylic acids is 2. The summed E-state index contributed by atoms with van der Waals surface area (Å²) in [4.78, 5) is 26.4. The quantitative estimate of drug-likeness (QED) is 0.278. The zero-order valence-electron chi connectivity index (χ0n) is 18.3. The first-order valence-corrected chi connectivity index (χ1v) is 12.0.